The van der Waals surface area contributed by atoms with Crippen molar-refractivity contribution in [3.05, 3.63) is 77.5 Å². The maximum atomic E-state index is 13.5. The number of hydrogen-bond donors (Lipinski definition) is 1. The minimum absolute atomic E-state index is 0.0280. The highest BCUT2D eigenvalue weighted by atomic mass is 16.7. The lowest BCUT2D eigenvalue weighted by Gasteiger charge is -2.09. The molecule has 0 aliphatic carbocycles. The molecule has 0 atom stereocenters. The molecular formula is C28H21NO9. The summed E-state index contributed by atoms with van der Waals surface area (Å²) in [6.07, 6.45) is -0.469. The number of rotatable bonds is 5. The quantitative estimate of drug-likeness (QED) is 0.201. The number of ether oxygens (including phenoxy) is 6. The lowest BCUT2D eigenvalue weighted by atomic mass is 10.0. The maximum absolute atomic E-state index is 13.5. The van der Waals surface area contributed by atoms with Crippen molar-refractivity contribution < 1.29 is 42.8 Å². The molecule has 5 rings (SSSR count). The molecule has 38 heavy (non-hydrogen) atoms. The van der Waals surface area contributed by atoms with Gasteiger partial charge in [0.2, 0.25) is 5.78 Å². The van der Waals surface area contributed by atoms with Gasteiger partial charge in [-0.05, 0) is 29.8 Å². The Kier molecular flexibility index (Phi) is 6.44. The Bertz CT molecular complexity index is 1600. The van der Waals surface area contributed by atoms with Gasteiger partial charge < -0.3 is 33.4 Å². The number of fused-ring (bicyclic) bond motifs is 2. The smallest absolute Gasteiger partial charge is 0.497 e. The zero-order valence-electron chi connectivity index (χ0n) is 20.5. The highest BCUT2D eigenvalue weighted by Crippen LogP contribution is 2.43. The molecule has 0 amide bonds. The monoisotopic (exact) mass is 515 g/mol. The summed E-state index contributed by atoms with van der Waals surface area (Å²) in [4.78, 5) is 40.4. The predicted octanol–water partition coefficient (Wildman–Crippen LogP) is 5.75. The normalized spacial score (nSPS) is 13.1. The van der Waals surface area contributed by atoms with E-state index in [1.165, 1.54) is 12.1 Å². The van der Waals surface area contributed by atoms with E-state index >= 15 is 0 Å². The van der Waals surface area contributed by atoms with Gasteiger partial charge in [0.25, 0.3) is 0 Å². The van der Waals surface area contributed by atoms with Crippen LogP contribution in [0.1, 0.15) is 15.9 Å². The highest BCUT2D eigenvalue weighted by molar-refractivity contribution is 6.17. The Labute approximate surface area is 216 Å². The van der Waals surface area contributed by atoms with Crippen LogP contribution < -0.4 is 18.9 Å². The third-order valence-corrected chi connectivity index (χ3v) is 5.82. The number of methoxy groups -OCH3 is 3. The van der Waals surface area contributed by atoms with Crippen LogP contribution >= 0.6 is 0 Å². The Balaban J connectivity index is 1.65. The minimum atomic E-state index is -1.07. The molecule has 0 saturated heterocycles. The Hall–Kier alpha value is -5.25. The lowest BCUT2D eigenvalue weighted by molar-refractivity contribution is 0.101. The van der Waals surface area contributed by atoms with Crippen LogP contribution in [-0.4, -0.2) is 44.4 Å². The highest BCUT2D eigenvalue weighted by Gasteiger charge is 2.34. The molecule has 1 aliphatic rings. The number of carbonyl (C=O) groups is 3. The van der Waals surface area contributed by atoms with Crippen LogP contribution in [0.3, 0.4) is 0 Å². The second-order valence-electron chi connectivity index (χ2n) is 8.04. The topological polar surface area (TPSA) is 122 Å². The summed E-state index contributed by atoms with van der Waals surface area (Å²) < 4.78 is 30.6. The number of hydrogen-bond acceptors (Lipinski definition) is 9. The van der Waals surface area contributed by atoms with Gasteiger partial charge in [0.1, 0.15) is 22.8 Å². The summed E-state index contributed by atoms with van der Waals surface area (Å²) >= 11 is 0. The van der Waals surface area contributed by atoms with Crippen molar-refractivity contribution in [1.82, 2.24) is 4.98 Å². The summed E-state index contributed by atoms with van der Waals surface area (Å²) in [5, 5.41) is 0.795. The summed E-state index contributed by atoms with van der Waals surface area (Å²) in [5.41, 5.74) is 3.12. The van der Waals surface area contributed by atoms with E-state index in [2.05, 4.69) is 14.5 Å². The molecule has 0 unspecified atom stereocenters. The molecule has 10 heteroatoms. The van der Waals surface area contributed by atoms with Crippen LogP contribution in [0.2, 0.25) is 0 Å². The number of aromatic amines is 1. The van der Waals surface area contributed by atoms with E-state index in [1.807, 2.05) is 48.5 Å². The lowest BCUT2D eigenvalue weighted by Crippen LogP contribution is -2.11. The molecule has 1 aromatic heterocycles. The zero-order valence-corrected chi connectivity index (χ0v) is 20.5. The van der Waals surface area contributed by atoms with Crippen molar-refractivity contribution >= 4 is 35.1 Å². The summed E-state index contributed by atoms with van der Waals surface area (Å²) in [6.45, 7) is 0. The van der Waals surface area contributed by atoms with Gasteiger partial charge in [-0.2, -0.15) is 0 Å². The molecule has 1 N–H and O–H groups in total. The van der Waals surface area contributed by atoms with Gasteiger partial charge in [0.15, 0.2) is 11.5 Å². The standard InChI is InChI=1S/C28H21NO9/c1-33-16-9-10-20-18(11-16)19(25(29-20)15-7-5-4-6-8-15)14-23-26(30)24-21(37-23)12-17(36-27(31)34-2)13-22(24)38-28(32)35-3/h4-14,29H,1-3H3/b23-14+. The minimum Gasteiger partial charge on any atom is -0.497 e. The number of nitrogens with one attached hydrogen (secondary N) is 1. The molecule has 0 saturated carbocycles. The van der Waals surface area contributed by atoms with Crippen LogP contribution in [0.25, 0.3) is 28.2 Å². The van der Waals surface area contributed by atoms with Gasteiger partial charge in [0.05, 0.1) is 27.0 Å². The molecule has 2 heterocycles. The number of H-pyrrole nitrogens is 1. The molecule has 192 valence electrons. The first-order chi connectivity index (χ1) is 18.4. The van der Waals surface area contributed by atoms with Crippen LogP contribution in [-0.2, 0) is 9.47 Å². The summed E-state index contributed by atoms with van der Waals surface area (Å²) in [5.74, 6) is -0.183. The fraction of sp³-hybridized carbons (Fsp3) is 0.107. The summed E-state index contributed by atoms with van der Waals surface area (Å²) in [7, 11) is 3.83. The molecular weight excluding hydrogens is 494 g/mol. The van der Waals surface area contributed by atoms with E-state index in [9.17, 15) is 14.4 Å². The molecule has 4 aromatic rings. The van der Waals surface area contributed by atoms with Gasteiger partial charge in [0, 0.05) is 28.6 Å². The van der Waals surface area contributed by atoms with Crippen molar-refractivity contribution in [3.8, 4) is 34.3 Å². The van der Waals surface area contributed by atoms with Crippen LogP contribution in [0, 0.1) is 0 Å². The number of benzene rings is 3. The number of carbonyl (C=O) groups excluding carboxylic acids is 3. The first kappa shape index (κ1) is 24.4. The Morgan fingerprint density at radius 3 is 2.32 bits per heavy atom. The second-order valence-corrected chi connectivity index (χ2v) is 8.04. The average Bonchev–Trinajstić information content (AvgIpc) is 3.45. The molecule has 0 fully saturated rings. The van der Waals surface area contributed by atoms with Crippen molar-refractivity contribution in [1.29, 1.82) is 0 Å². The molecule has 0 radical (unpaired) electrons. The maximum Gasteiger partial charge on any atom is 0.513 e. The molecule has 0 bridgehead atoms. The third-order valence-electron chi connectivity index (χ3n) is 5.82. The first-order valence-electron chi connectivity index (χ1n) is 11.3. The van der Waals surface area contributed by atoms with E-state index in [0.29, 0.717) is 11.3 Å². The van der Waals surface area contributed by atoms with E-state index in [1.54, 1.807) is 13.2 Å². The number of aromatic nitrogens is 1. The van der Waals surface area contributed by atoms with Gasteiger partial charge in [-0.25, -0.2) is 9.59 Å². The largest absolute Gasteiger partial charge is 0.513 e. The van der Waals surface area contributed by atoms with E-state index in [0.717, 1.165) is 36.4 Å². The van der Waals surface area contributed by atoms with Crippen LogP contribution in [0.15, 0.2) is 66.4 Å². The second kappa shape index (κ2) is 10.0. The van der Waals surface area contributed by atoms with Gasteiger partial charge in [-0.1, -0.05) is 30.3 Å². The molecule has 3 aromatic carbocycles. The molecule has 0 spiro atoms. The van der Waals surface area contributed by atoms with Gasteiger partial charge in [-0.3, -0.25) is 4.79 Å². The molecule has 1 aliphatic heterocycles. The van der Waals surface area contributed by atoms with Gasteiger partial charge >= 0.3 is 12.3 Å². The van der Waals surface area contributed by atoms with E-state index in [-0.39, 0.29) is 28.6 Å². The molecule has 10 nitrogen and oxygen atoms in total. The fourth-order valence-electron chi connectivity index (χ4n) is 4.09. The van der Waals surface area contributed by atoms with Crippen molar-refractivity contribution in [2.45, 2.75) is 0 Å². The van der Waals surface area contributed by atoms with Crippen molar-refractivity contribution in [3.63, 3.8) is 0 Å². The van der Waals surface area contributed by atoms with Crippen LogP contribution in [0.5, 0.6) is 23.0 Å². The SMILES string of the molecule is COC(=O)Oc1cc(OC(=O)OC)c2c(c1)O/C(=C/c1c(-c3ccccc3)[nH]c3ccc(OC)cc13)C2=O. The van der Waals surface area contributed by atoms with Crippen molar-refractivity contribution in [2.75, 3.05) is 21.3 Å². The number of allylic oxidation sites excluding steroid dienone is 1. The fourth-order valence-corrected chi connectivity index (χ4v) is 4.09. The zero-order chi connectivity index (χ0) is 26.8. The first-order valence-corrected chi connectivity index (χ1v) is 11.3. The number of ketones is 1. The Morgan fingerprint density at radius 1 is 0.868 bits per heavy atom. The summed E-state index contributed by atoms with van der Waals surface area (Å²) in [6, 6.07) is 17.7. The third kappa shape index (κ3) is 4.50. The van der Waals surface area contributed by atoms with Crippen LogP contribution in [0.4, 0.5) is 9.59 Å². The van der Waals surface area contributed by atoms with E-state index < -0.39 is 18.1 Å². The average molecular weight is 515 g/mol. The number of Topliss-reactive ketones (excluding diaryl/α,β-unsaturated/α-hetero) is 1. The van der Waals surface area contributed by atoms with Gasteiger partial charge in [-0.15, -0.1) is 0 Å². The van der Waals surface area contributed by atoms with Crippen molar-refractivity contribution in [2.24, 2.45) is 0 Å². The Morgan fingerprint density at radius 2 is 1.61 bits per heavy atom. The predicted molar refractivity (Wildman–Crippen MR) is 136 cm³/mol. The van der Waals surface area contributed by atoms with E-state index in [4.69, 9.17) is 18.9 Å².